The second-order valence-electron chi connectivity index (χ2n) is 4.99. The number of furan rings is 1. The van der Waals surface area contributed by atoms with E-state index in [9.17, 15) is 5.11 Å². The van der Waals surface area contributed by atoms with Gasteiger partial charge in [-0.2, -0.15) is 0 Å². The van der Waals surface area contributed by atoms with Gasteiger partial charge in [0.25, 0.3) is 0 Å². The first-order chi connectivity index (χ1) is 10.0. The van der Waals surface area contributed by atoms with E-state index in [1.165, 1.54) is 0 Å². The minimum Gasteiger partial charge on any atom is -0.456 e. The van der Waals surface area contributed by atoms with E-state index < -0.39 is 5.60 Å². The minimum absolute atomic E-state index is 0.501. The van der Waals surface area contributed by atoms with Crippen LogP contribution in [0.2, 0.25) is 5.02 Å². The Morgan fingerprint density at radius 1 is 1.19 bits per heavy atom. The van der Waals surface area contributed by atoms with Crippen molar-refractivity contribution in [3.63, 3.8) is 0 Å². The maximum atomic E-state index is 11.1. The molecule has 1 unspecified atom stereocenters. The molecule has 0 fully saturated rings. The lowest BCUT2D eigenvalue weighted by atomic mass is 9.88. The summed E-state index contributed by atoms with van der Waals surface area (Å²) >= 11 is 9.59. The molecule has 2 aromatic carbocycles. The standard InChI is InChI=1S/C17H14BrClO2/c1-2-17(20,12-6-4-7-13(18)10-12)15-9-11-5-3-8-14(19)16(11)21-15/h3-10,20H,2H2,1H3. The molecule has 0 radical (unpaired) electrons. The van der Waals surface area contributed by atoms with Crippen LogP contribution in [0.5, 0.6) is 0 Å². The molecule has 0 aliphatic heterocycles. The monoisotopic (exact) mass is 364 g/mol. The van der Waals surface area contributed by atoms with Crippen molar-refractivity contribution in [3.8, 4) is 0 Å². The molecule has 108 valence electrons. The molecule has 2 nitrogen and oxygen atoms in total. The summed E-state index contributed by atoms with van der Waals surface area (Å²) in [5.41, 5.74) is 0.220. The summed E-state index contributed by atoms with van der Waals surface area (Å²) in [4.78, 5) is 0. The van der Waals surface area contributed by atoms with E-state index in [2.05, 4.69) is 15.9 Å². The van der Waals surface area contributed by atoms with Crippen molar-refractivity contribution in [1.82, 2.24) is 0 Å². The molecule has 4 heteroatoms. The molecule has 0 aliphatic rings. The lowest BCUT2D eigenvalue weighted by Crippen LogP contribution is -2.25. The lowest BCUT2D eigenvalue weighted by molar-refractivity contribution is 0.0544. The van der Waals surface area contributed by atoms with Crippen LogP contribution in [0.1, 0.15) is 24.7 Å². The maximum Gasteiger partial charge on any atom is 0.153 e. The summed E-state index contributed by atoms with van der Waals surface area (Å²) in [6, 6.07) is 15.0. The van der Waals surface area contributed by atoms with Crippen LogP contribution in [0, 0.1) is 0 Å². The number of fused-ring (bicyclic) bond motifs is 1. The Morgan fingerprint density at radius 3 is 2.62 bits per heavy atom. The normalized spacial score (nSPS) is 14.3. The van der Waals surface area contributed by atoms with Crippen LogP contribution < -0.4 is 0 Å². The SMILES string of the molecule is CCC(O)(c1cccc(Br)c1)c1cc2cccc(Cl)c2o1. The van der Waals surface area contributed by atoms with Crippen molar-refractivity contribution in [2.75, 3.05) is 0 Å². The van der Waals surface area contributed by atoms with Gasteiger partial charge in [-0.15, -0.1) is 0 Å². The van der Waals surface area contributed by atoms with Crippen molar-refractivity contribution in [2.45, 2.75) is 18.9 Å². The van der Waals surface area contributed by atoms with E-state index in [-0.39, 0.29) is 0 Å². The molecule has 0 saturated heterocycles. The van der Waals surface area contributed by atoms with Crippen LogP contribution in [-0.4, -0.2) is 5.11 Å². The third kappa shape index (κ3) is 2.50. The highest BCUT2D eigenvalue weighted by molar-refractivity contribution is 9.10. The van der Waals surface area contributed by atoms with Gasteiger partial charge in [0, 0.05) is 9.86 Å². The molecule has 1 aromatic heterocycles. The molecule has 21 heavy (non-hydrogen) atoms. The molecule has 0 spiro atoms. The topological polar surface area (TPSA) is 33.4 Å². The zero-order chi connectivity index (χ0) is 15.0. The fourth-order valence-electron chi connectivity index (χ4n) is 2.50. The smallest absolute Gasteiger partial charge is 0.153 e. The second-order valence-corrected chi connectivity index (χ2v) is 6.32. The van der Waals surface area contributed by atoms with Crippen LogP contribution in [0.25, 0.3) is 11.0 Å². The number of rotatable bonds is 3. The molecule has 0 aliphatic carbocycles. The largest absolute Gasteiger partial charge is 0.456 e. The van der Waals surface area contributed by atoms with E-state index >= 15 is 0 Å². The predicted octanol–water partition coefficient (Wildman–Crippen LogP) is 5.49. The van der Waals surface area contributed by atoms with Gasteiger partial charge < -0.3 is 9.52 Å². The summed E-state index contributed by atoms with van der Waals surface area (Å²) in [5.74, 6) is 0.506. The molecule has 1 atom stereocenters. The molecule has 1 heterocycles. The van der Waals surface area contributed by atoms with E-state index in [1.54, 1.807) is 6.07 Å². The van der Waals surface area contributed by atoms with Gasteiger partial charge >= 0.3 is 0 Å². The van der Waals surface area contributed by atoms with Gasteiger partial charge in [0.2, 0.25) is 0 Å². The molecule has 0 amide bonds. The van der Waals surface area contributed by atoms with Crippen LogP contribution in [-0.2, 0) is 5.60 Å². The van der Waals surface area contributed by atoms with Crippen LogP contribution in [0.4, 0.5) is 0 Å². The van der Waals surface area contributed by atoms with Gasteiger partial charge in [-0.3, -0.25) is 0 Å². The van der Waals surface area contributed by atoms with Crippen molar-refractivity contribution in [2.24, 2.45) is 0 Å². The molecule has 0 saturated carbocycles. The van der Waals surface area contributed by atoms with Crippen molar-refractivity contribution >= 4 is 38.5 Å². The average Bonchev–Trinajstić information content (AvgIpc) is 2.92. The summed E-state index contributed by atoms with van der Waals surface area (Å²) in [7, 11) is 0. The molecule has 1 N–H and O–H groups in total. The lowest BCUT2D eigenvalue weighted by Gasteiger charge is -2.25. The number of para-hydroxylation sites is 1. The van der Waals surface area contributed by atoms with E-state index in [0.717, 1.165) is 15.4 Å². The summed E-state index contributed by atoms with van der Waals surface area (Å²) < 4.78 is 6.77. The third-order valence-corrected chi connectivity index (χ3v) is 4.51. The highest BCUT2D eigenvalue weighted by Gasteiger charge is 2.33. The average molecular weight is 366 g/mol. The van der Waals surface area contributed by atoms with Gasteiger partial charge in [-0.05, 0) is 36.2 Å². The fourth-order valence-corrected chi connectivity index (χ4v) is 3.12. The highest BCUT2D eigenvalue weighted by Crippen LogP contribution is 2.38. The first-order valence-electron chi connectivity index (χ1n) is 6.71. The highest BCUT2D eigenvalue weighted by atomic mass is 79.9. The molecular formula is C17H14BrClO2. The van der Waals surface area contributed by atoms with Crippen molar-refractivity contribution < 1.29 is 9.52 Å². The minimum atomic E-state index is -1.17. The van der Waals surface area contributed by atoms with E-state index in [1.807, 2.05) is 49.4 Å². The fraction of sp³-hybridized carbons (Fsp3) is 0.176. The van der Waals surface area contributed by atoms with Gasteiger partial charge in [0.1, 0.15) is 11.4 Å². The zero-order valence-electron chi connectivity index (χ0n) is 11.4. The first-order valence-corrected chi connectivity index (χ1v) is 7.88. The van der Waals surface area contributed by atoms with Crippen LogP contribution in [0.15, 0.2) is 57.4 Å². The number of hydrogen-bond acceptors (Lipinski definition) is 2. The van der Waals surface area contributed by atoms with E-state index in [4.69, 9.17) is 16.0 Å². The Morgan fingerprint density at radius 2 is 1.95 bits per heavy atom. The van der Waals surface area contributed by atoms with Gasteiger partial charge in [0.05, 0.1) is 5.02 Å². The molecule has 3 aromatic rings. The molecular weight excluding hydrogens is 352 g/mol. The number of benzene rings is 2. The Kier molecular flexibility index (Phi) is 3.82. The number of hydrogen-bond donors (Lipinski definition) is 1. The van der Waals surface area contributed by atoms with Gasteiger partial charge in [-0.1, -0.05) is 58.7 Å². The molecule has 3 rings (SSSR count). The Hall–Kier alpha value is -1.29. The predicted molar refractivity (Wildman–Crippen MR) is 88.7 cm³/mol. The molecule has 0 bridgehead atoms. The first kappa shape index (κ1) is 14.6. The summed E-state index contributed by atoms with van der Waals surface area (Å²) in [5, 5.41) is 12.6. The zero-order valence-corrected chi connectivity index (χ0v) is 13.8. The van der Waals surface area contributed by atoms with Gasteiger partial charge in [-0.25, -0.2) is 0 Å². The van der Waals surface area contributed by atoms with Crippen molar-refractivity contribution in [3.05, 3.63) is 69.3 Å². The van der Waals surface area contributed by atoms with Crippen molar-refractivity contribution in [1.29, 1.82) is 0 Å². The number of halogens is 2. The van der Waals surface area contributed by atoms with E-state index in [0.29, 0.717) is 22.8 Å². The number of aliphatic hydroxyl groups is 1. The Labute approximate surface area is 136 Å². The van der Waals surface area contributed by atoms with Crippen LogP contribution >= 0.6 is 27.5 Å². The Balaban J connectivity index is 2.19. The summed E-state index contributed by atoms with van der Waals surface area (Å²) in [6.45, 7) is 1.93. The second kappa shape index (κ2) is 5.48. The third-order valence-electron chi connectivity index (χ3n) is 3.72. The quantitative estimate of drug-likeness (QED) is 0.665. The Bertz CT molecular complexity index is 796. The summed E-state index contributed by atoms with van der Waals surface area (Å²) in [6.07, 6.45) is 0.501. The van der Waals surface area contributed by atoms with Crippen LogP contribution in [0.3, 0.4) is 0 Å². The van der Waals surface area contributed by atoms with Gasteiger partial charge in [0.15, 0.2) is 5.58 Å². The maximum absolute atomic E-state index is 11.1.